The second-order valence-corrected chi connectivity index (χ2v) is 7.14. The summed E-state index contributed by atoms with van der Waals surface area (Å²) in [6, 6.07) is 6.82. The van der Waals surface area contributed by atoms with Crippen LogP contribution in [-0.4, -0.2) is 35.0 Å². The van der Waals surface area contributed by atoms with E-state index in [9.17, 15) is 9.59 Å². The molecule has 1 saturated heterocycles. The first-order valence-electron chi connectivity index (χ1n) is 8.83. The molecule has 128 valence electrons. The summed E-state index contributed by atoms with van der Waals surface area (Å²) in [5.74, 6) is -0.691. The van der Waals surface area contributed by atoms with Gasteiger partial charge in [0.15, 0.2) is 0 Å². The van der Waals surface area contributed by atoms with E-state index >= 15 is 0 Å². The van der Waals surface area contributed by atoms with E-state index in [0.29, 0.717) is 18.3 Å². The molecule has 2 aliphatic rings. The molecule has 0 bridgehead atoms. The predicted molar refractivity (Wildman–Crippen MR) is 93.0 cm³/mol. The van der Waals surface area contributed by atoms with Crippen molar-refractivity contribution in [2.75, 3.05) is 13.1 Å². The van der Waals surface area contributed by atoms with E-state index in [2.05, 4.69) is 12.2 Å². The number of piperidine rings is 1. The molecule has 0 aromatic heterocycles. The van der Waals surface area contributed by atoms with Crippen molar-refractivity contribution in [2.45, 2.75) is 44.9 Å². The zero-order chi connectivity index (χ0) is 17.0. The number of benzene rings is 1. The van der Waals surface area contributed by atoms with E-state index in [-0.39, 0.29) is 11.5 Å². The molecule has 1 N–H and O–H groups in total. The van der Waals surface area contributed by atoms with Crippen LogP contribution in [0.15, 0.2) is 36.4 Å². The summed E-state index contributed by atoms with van der Waals surface area (Å²) in [5, 5.41) is 8.92. The molecule has 1 fully saturated rings. The quantitative estimate of drug-likeness (QED) is 0.859. The smallest absolute Gasteiger partial charge is 0.335 e. The van der Waals surface area contributed by atoms with Crippen LogP contribution >= 0.6 is 0 Å². The van der Waals surface area contributed by atoms with Crippen LogP contribution in [0.2, 0.25) is 0 Å². The van der Waals surface area contributed by atoms with Gasteiger partial charge in [-0.1, -0.05) is 24.3 Å². The molecular weight excluding hydrogens is 302 g/mol. The second kappa shape index (κ2) is 7.20. The van der Waals surface area contributed by atoms with Crippen LogP contribution < -0.4 is 0 Å². The lowest BCUT2D eigenvalue weighted by Crippen LogP contribution is -2.46. The maximum atomic E-state index is 12.6. The first-order valence-corrected chi connectivity index (χ1v) is 8.83. The minimum Gasteiger partial charge on any atom is -0.478 e. The van der Waals surface area contributed by atoms with Gasteiger partial charge in [0, 0.05) is 19.5 Å². The fourth-order valence-corrected chi connectivity index (χ4v) is 3.96. The number of amides is 1. The van der Waals surface area contributed by atoms with Crippen molar-refractivity contribution < 1.29 is 14.7 Å². The van der Waals surface area contributed by atoms with Gasteiger partial charge in [0.1, 0.15) is 0 Å². The standard InChI is InChI=1S/C20H25NO3/c22-18(10-7-16-5-8-17(9-6-16)19(23)24)21-14-4-13-20(15-21)11-2-1-3-12-20/h1-2,5-6,8-9H,3-4,7,10-15H2,(H,23,24). The fourth-order valence-electron chi connectivity index (χ4n) is 3.96. The molecule has 0 saturated carbocycles. The number of carbonyl (C=O) groups is 2. The van der Waals surface area contributed by atoms with Gasteiger partial charge in [0.2, 0.25) is 5.91 Å². The predicted octanol–water partition coefficient (Wildman–Crippen LogP) is 3.67. The minimum atomic E-state index is -0.919. The maximum absolute atomic E-state index is 12.6. The van der Waals surface area contributed by atoms with Crippen LogP contribution in [0.1, 0.15) is 54.4 Å². The van der Waals surface area contributed by atoms with Gasteiger partial charge in [-0.3, -0.25) is 4.79 Å². The average Bonchev–Trinajstić information content (AvgIpc) is 2.60. The van der Waals surface area contributed by atoms with Crippen molar-refractivity contribution in [3.63, 3.8) is 0 Å². The summed E-state index contributed by atoms with van der Waals surface area (Å²) >= 11 is 0. The first-order chi connectivity index (χ1) is 11.6. The number of carboxylic acid groups (broad SMARTS) is 1. The highest BCUT2D eigenvalue weighted by Gasteiger charge is 2.36. The molecule has 3 rings (SSSR count). The van der Waals surface area contributed by atoms with Crippen LogP contribution in [0.5, 0.6) is 0 Å². The molecule has 4 nitrogen and oxygen atoms in total. The number of allylic oxidation sites excluding steroid dienone is 2. The summed E-state index contributed by atoms with van der Waals surface area (Å²) in [7, 11) is 0. The van der Waals surface area contributed by atoms with Crippen molar-refractivity contribution in [3.05, 3.63) is 47.5 Å². The number of aromatic carboxylic acids is 1. The fraction of sp³-hybridized carbons (Fsp3) is 0.500. The van der Waals surface area contributed by atoms with E-state index in [4.69, 9.17) is 5.11 Å². The zero-order valence-corrected chi connectivity index (χ0v) is 14.0. The van der Waals surface area contributed by atoms with Gasteiger partial charge >= 0.3 is 5.97 Å². The van der Waals surface area contributed by atoms with Crippen LogP contribution in [0.3, 0.4) is 0 Å². The van der Waals surface area contributed by atoms with Crippen molar-refractivity contribution >= 4 is 11.9 Å². The highest BCUT2D eigenvalue weighted by molar-refractivity contribution is 5.87. The number of nitrogens with zero attached hydrogens (tertiary/aromatic N) is 1. The number of likely N-dealkylation sites (tertiary alicyclic amines) is 1. The summed E-state index contributed by atoms with van der Waals surface area (Å²) in [5.41, 5.74) is 1.61. The van der Waals surface area contributed by atoms with Crippen molar-refractivity contribution in [2.24, 2.45) is 5.41 Å². The van der Waals surface area contributed by atoms with E-state index < -0.39 is 5.97 Å². The number of hydrogen-bond donors (Lipinski definition) is 1. The molecule has 1 heterocycles. The van der Waals surface area contributed by atoms with Crippen LogP contribution in [0.25, 0.3) is 0 Å². The van der Waals surface area contributed by atoms with Gasteiger partial charge in [-0.25, -0.2) is 4.79 Å². The van der Waals surface area contributed by atoms with Crippen molar-refractivity contribution in [1.29, 1.82) is 0 Å². The summed E-state index contributed by atoms with van der Waals surface area (Å²) in [6.45, 7) is 1.77. The average molecular weight is 327 g/mol. The van der Waals surface area contributed by atoms with Gasteiger partial charge in [-0.15, -0.1) is 0 Å². The summed E-state index contributed by atoms with van der Waals surface area (Å²) in [4.78, 5) is 25.5. The molecule has 1 unspecified atom stereocenters. The first kappa shape index (κ1) is 16.7. The highest BCUT2D eigenvalue weighted by atomic mass is 16.4. The Morgan fingerprint density at radius 1 is 1.12 bits per heavy atom. The lowest BCUT2D eigenvalue weighted by Gasteiger charge is -2.44. The molecule has 24 heavy (non-hydrogen) atoms. The van der Waals surface area contributed by atoms with E-state index in [1.807, 2.05) is 4.90 Å². The van der Waals surface area contributed by atoms with Crippen LogP contribution in [0, 0.1) is 5.41 Å². The Morgan fingerprint density at radius 2 is 1.92 bits per heavy atom. The van der Waals surface area contributed by atoms with Crippen LogP contribution in [0.4, 0.5) is 0 Å². The number of carbonyl (C=O) groups excluding carboxylic acids is 1. The Morgan fingerprint density at radius 3 is 2.58 bits per heavy atom. The normalized spacial score (nSPS) is 23.4. The Bertz CT molecular complexity index is 635. The maximum Gasteiger partial charge on any atom is 0.335 e. The number of aryl methyl sites for hydroxylation is 1. The molecular formula is C20H25NO3. The third kappa shape index (κ3) is 3.86. The van der Waals surface area contributed by atoms with Gasteiger partial charge in [0.25, 0.3) is 0 Å². The Labute approximate surface area is 143 Å². The number of rotatable bonds is 4. The lowest BCUT2D eigenvalue weighted by molar-refractivity contribution is -0.134. The lowest BCUT2D eigenvalue weighted by atomic mass is 9.71. The SMILES string of the molecule is O=C(O)c1ccc(CCC(=O)N2CCCC3(CC=CCC3)C2)cc1. The van der Waals surface area contributed by atoms with Crippen LogP contribution in [-0.2, 0) is 11.2 Å². The number of carboxylic acids is 1. The molecule has 1 atom stereocenters. The molecule has 1 amide bonds. The zero-order valence-electron chi connectivity index (χ0n) is 14.0. The Balaban J connectivity index is 1.54. The van der Waals surface area contributed by atoms with E-state index in [1.165, 1.54) is 12.8 Å². The number of hydrogen-bond acceptors (Lipinski definition) is 2. The van der Waals surface area contributed by atoms with Gasteiger partial charge in [-0.05, 0) is 61.6 Å². The molecule has 1 aromatic carbocycles. The van der Waals surface area contributed by atoms with E-state index in [0.717, 1.165) is 37.9 Å². The monoisotopic (exact) mass is 327 g/mol. The second-order valence-electron chi connectivity index (χ2n) is 7.14. The molecule has 4 heteroatoms. The van der Waals surface area contributed by atoms with Crippen molar-refractivity contribution in [3.8, 4) is 0 Å². The molecule has 1 spiro atoms. The van der Waals surface area contributed by atoms with Gasteiger partial charge in [0.05, 0.1) is 5.56 Å². The Hall–Kier alpha value is -2.10. The summed E-state index contributed by atoms with van der Waals surface area (Å²) < 4.78 is 0. The highest BCUT2D eigenvalue weighted by Crippen LogP contribution is 2.40. The Kier molecular flexibility index (Phi) is 5.03. The van der Waals surface area contributed by atoms with Gasteiger partial charge in [-0.2, -0.15) is 0 Å². The largest absolute Gasteiger partial charge is 0.478 e. The van der Waals surface area contributed by atoms with Crippen molar-refractivity contribution in [1.82, 2.24) is 4.90 Å². The summed E-state index contributed by atoms with van der Waals surface area (Å²) in [6.07, 6.45) is 11.5. The van der Waals surface area contributed by atoms with Gasteiger partial charge < -0.3 is 10.0 Å². The topological polar surface area (TPSA) is 57.6 Å². The third-order valence-electron chi connectivity index (χ3n) is 5.40. The van der Waals surface area contributed by atoms with E-state index in [1.54, 1.807) is 24.3 Å². The molecule has 1 aliphatic carbocycles. The molecule has 0 radical (unpaired) electrons. The molecule has 1 aliphatic heterocycles. The third-order valence-corrected chi connectivity index (χ3v) is 5.40. The minimum absolute atomic E-state index is 0.228. The molecule has 1 aromatic rings.